The average Bonchev–Trinajstić information content (AvgIpc) is 3.33. The molecule has 1 aromatic heterocycles. The van der Waals surface area contributed by atoms with Crippen LogP contribution < -0.4 is 20.8 Å². The Bertz CT molecular complexity index is 1870. The zero-order valence-electron chi connectivity index (χ0n) is 20.7. The summed E-state index contributed by atoms with van der Waals surface area (Å²) in [6.45, 7) is -0.0572. The summed E-state index contributed by atoms with van der Waals surface area (Å²) < 4.78 is 31.4. The van der Waals surface area contributed by atoms with Crippen LogP contribution in [0.4, 0.5) is 5.69 Å². The van der Waals surface area contributed by atoms with Crippen LogP contribution >= 0.6 is 34.8 Å². The van der Waals surface area contributed by atoms with Crippen LogP contribution in [-0.4, -0.2) is 29.8 Å². The fourth-order valence-electron chi connectivity index (χ4n) is 4.50. The third kappa shape index (κ3) is 5.22. The van der Waals surface area contributed by atoms with Gasteiger partial charge in [0.2, 0.25) is 10.0 Å². The number of nitrogens with zero attached hydrogens (tertiary/aromatic N) is 4. The zero-order chi connectivity index (χ0) is 28.1. The summed E-state index contributed by atoms with van der Waals surface area (Å²) in [5.41, 5.74) is 1.44. The van der Waals surface area contributed by atoms with Crippen molar-refractivity contribution in [3.05, 3.63) is 102 Å². The van der Waals surface area contributed by atoms with E-state index in [4.69, 9.17) is 39.9 Å². The lowest BCUT2D eigenvalue weighted by molar-refractivity contribution is 0.586. The van der Waals surface area contributed by atoms with Gasteiger partial charge in [-0.25, -0.2) is 13.1 Å². The highest BCUT2D eigenvalue weighted by atomic mass is 35.5. The molecule has 1 unspecified atom stereocenters. The molecule has 0 radical (unpaired) electrons. The lowest BCUT2D eigenvalue weighted by atomic mass is 10.0. The molecule has 3 aromatic carbocycles. The van der Waals surface area contributed by atoms with Crippen LogP contribution in [-0.2, 0) is 24.1 Å². The van der Waals surface area contributed by atoms with E-state index in [0.29, 0.717) is 43.9 Å². The molecule has 0 amide bonds. The van der Waals surface area contributed by atoms with Gasteiger partial charge in [0.15, 0.2) is 0 Å². The SMILES string of the molecule is Cn1c(=O)c(=O)n(C)c2cc(S(=O)(=O)NCC3=NN(c4ccc(Cl)cc4Cl)C(c4ccc(Cl)cc4)C3)ccc21. The smallest absolute Gasteiger partial charge is 0.305 e. The number of rotatable bonds is 6. The number of sulfonamides is 1. The molecule has 13 heteroatoms. The summed E-state index contributed by atoms with van der Waals surface area (Å²) in [5, 5.41) is 7.93. The minimum Gasteiger partial charge on any atom is -0.305 e. The molecule has 4 aromatic rings. The molecule has 1 N–H and O–H groups in total. The van der Waals surface area contributed by atoms with Gasteiger partial charge >= 0.3 is 11.1 Å². The van der Waals surface area contributed by atoms with Crippen molar-refractivity contribution in [1.82, 2.24) is 13.9 Å². The number of aromatic nitrogens is 2. The Morgan fingerprint density at radius 3 is 2.18 bits per heavy atom. The van der Waals surface area contributed by atoms with E-state index >= 15 is 0 Å². The van der Waals surface area contributed by atoms with E-state index in [-0.39, 0.29) is 17.5 Å². The van der Waals surface area contributed by atoms with Crippen molar-refractivity contribution >= 4 is 67.3 Å². The minimum atomic E-state index is -3.99. The van der Waals surface area contributed by atoms with Gasteiger partial charge < -0.3 is 9.13 Å². The molecule has 0 aliphatic carbocycles. The molecule has 2 heterocycles. The highest BCUT2D eigenvalue weighted by Crippen LogP contribution is 2.39. The molecule has 202 valence electrons. The van der Waals surface area contributed by atoms with Gasteiger partial charge in [-0.2, -0.15) is 5.10 Å². The maximum Gasteiger partial charge on any atom is 0.316 e. The van der Waals surface area contributed by atoms with Crippen LogP contribution in [0, 0.1) is 0 Å². The number of halogens is 3. The summed E-state index contributed by atoms with van der Waals surface area (Å²) in [4.78, 5) is 24.3. The maximum absolute atomic E-state index is 13.2. The van der Waals surface area contributed by atoms with E-state index in [1.165, 1.54) is 36.9 Å². The van der Waals surface area contributed by atoms with E-state index in [1.807, 2.05) is 12.1 Å². The van der Waals surface area contributed by atoms with Crippen molar-refractivity contribution in [2.45, 2.75) is 17.4 Å². The molecule has 1 aliphatic rings. The van der Waals surface area contributed by atoms with Crippen molar-refractivity contribution in [1.29, 1.82) is 0 Å². The third-order valence-electron chi connectivity index (χ3n) is 6.62. The van der Waals surface area contributed by atoms with Crippen molar-refractivity contribution in [3.63, 3.8) is 0 Å². The number of hydrazone groups is 1. The highest BCUT2D eigenvalue weighted by molar-refractivity contribution is 7.89. The summed E-state index contributed by atoms with van der Waals surface area (Å²) in [6, 6.07) is 16.4. The predicted octanol–water partition coefficient (Wildman–Crippen LogP) is 4.48. The van der Waals surface area contributed by atoms with Gasteiger partial charge in [0.05, 0.1) is 44.9 Å². The highest BCUT2D eigenvalue weighted by Gasteiger charge is 2.31. The van der Waals surface area contributed by atoms with Gasteiger partial charge in [0.1, 0.15) is 0 Å². The first kappa shape index (κ1) is 27.4. The quantitative estimate of drug-likeness (QED) is 0.326. The number of aryl methyl sites for hydroxylation is 2. The average molecular weight is 607 g/mol. The molecule has 9 nitrogen and oxygen atoms in total. The monoisotopic (exact) mass is 605 g/mol. The molecule has 39 heavy (non-hydrogen) atoms. The molecule has 5 rings (SSSR count). The first-order chi connectivity index (χ1) is 18.5. The van der Waals surface area contributed by atoms with Crippen molar-refractivity contribution in [2.24, 2.45) is 19.2 Å². The Labute approximate surface area is 238 Å². The Morgan fingerprint density at radius 2 is 1.51 bits per heavy atom. The molecule has 0 saturated carbocycles. The van der Waals surface area contributed by atoms with Crippen LogP contribution in [0.15, 0.2) is 80.2 Å². The van der Waals surface area contributed by atoms with Gasteiger partial charge in [-0.1, -0.05) is 46.9 Å². The second-order valence-corrected chi connectivity index (χ2v) is 12.1. The first-order valence-electron chi connectivity index (χ1n) is 11.7. The van der Waals surface area contributed by atoms with Gasteiger partial charge in [-0.15, -0.1) is 0 Å². The Morgan fingerprint density at radius 1 is 0.872 bits per heavy atom. The summed E-state index contributed by atoms with van der Waals surface area (Å²) in [7, 11) is -1.10. The van der Waals surface area contributed by atoms with E-state index in [1.54, 1.807) is 35.3 Å². The van der Waals surface area contributed by atoms with Crippen LogP contribution in [0.2, 0.25) is 15.1 Å². The van der Waals surface area contributed by atoms with Crippen molar-refractivity contribution in [3.8, 4) is 0 Å². The normalized spacial score (nSPS) is 15.7. The van der Waals surface area contributed by atoms with E-state index in [9.17, 15) is 18.0 Å². The van der Waals surface area contributed by atoms with Gasteiger partial charge in [0.25, 0.3) is 0 Å². The topological polar surface area (TPSA) is 106 Å². The maximum atomic E-state index is 13.2. The number of anilines is 1. The molecular formula is C26H22Cl3N5O4S. The predicted molar refractivity (Wildman–Crippen MR) is 155 cm³/mol. The minimum absolute atomic E-state index is 0.0471. The molecule has 1 aliphatic heterocycles. The van der Waals surface area contributed by atoms with Gasteiger partial charge in [-0.3, -0.25) is 14.6 Å². The summed E-state index contributed by atoms with van der Waals surface area (Å²) in [6.07, 6.45) is 0.428. The standard InChI is InChI=1S/C26H22Cl3N5O4S/c1-32-22-10-8-19(13-24(22)33(2)26(36)25(32)35)39(37,38)30-14-18-12-23(15-3-5-16(27)6-4-15)34(31-18)21-9-7-17(28)11-20(21)29/h3-11,13,23,30H,12,14H2,1-2H3. The molecule has 1 atom stereocenters. The Kier molecular flexibility index (Phi) is 7.34. The molecule has 0 saturated heterocycles. The van der Waals surface area contributed by atoms with Crippen molar-refractivity contribution in [2.75, 3.05) is 11.6 Å². The number of hydrogen-bond donors (Lipinski definition) is 1. The number of nitrogens with one attached hydrogen (secondary N) is 1. The number of hydrogen-bond acceptors (Lipinski definition) is 6. The Balaban J connectivity index is 1.45. The summed E-state index contributed by atoms with van der Waals surface area (Å²) in [5.74, 6) is 0. The molecule has 0 bridgehead atoms. The van der Waals surface area contributed by atoms with Crippen LogP contribution in [0.1, 0.15) is 18.0 Å². The lowest BCUT2D eigenvalue weighted by Gasteiger charge is -2.25. The van der Waals surface area contributed by atoms with E-state index in [2.05, 4.69) is 4.72 Å². The first-order valence-corrected chi connectivity index (χ1v) is 14.3. The zero-order valence-corrected chi connectivity index (χ0v) is 23.8. The van der Waals surface area contributed by atoms with E-state index < -0.39 is 21.1 Å². The van der Waals surface area contributed by atoms with Gasteiger partial charge in [-0.05, 0) is 54.1 Å². The fourth-order valence-corrected chi connectivity index (χ4v) is 6.16. The number of benzene rings is 3. The largest absolute Gasteiger partial charge is 0.316 e. The molecular weight excluding hydrogens is 585 g/mol. The number of fused-ring (bicyclic) bond motifs is 1. The van der Waals surface area contributed by atoms with E-state index in [0.717, 1.165) is 10.1 Å². The molecule has 0 fully saturated rings. The second-order valence-electron chi connectivity index (χ2n) is 9.08. The lowest BCUT2D eigenvalue weighted by Crippen LogP contribution is -2.39. The fraction of sp³-hybridized carbons (Fsp3) is 0.192. The van der Waals surface area contributed by atoms with Crippen molar-refractivity contribution < 1.29 is 8.42 Å². The van der Waals surface area contributed by atoms with Crippen LogP contribution in [0.3, 0.4) is 0 Å². The van der Waals surface area contributed by atoms with Crippen LogP contribution in [0.25, 0.3) is 11.0 Å². The van der Waals surface area contributed by atoms with Crippen LogP contribution in [0.5, 0.6) is 0 Å². The summed E-state index contributed by atoms with van der Waals surface area (Å²) >= 11 is 18.7. The van der Waals surface area contributed by atoms with Gasteiger partial charge in [0, 0.05) is 30.6 Å². The molecule has 0 spiro atoms. The Hall–Kier alpha value is -3.15. The second kappa shape index (κ2) is 10.4. The third-order valence-corrected chi connectivity index (χ3v) is 8.81.